The lowest BCUT2D eigenvalue weighted by atomic mass is 10.1. The van der Waals surface area contributed by atoms with Crippen LogP contribution in [0.15, 0.2) is 59.4 Å². The van der Waals surface area contributed by atoms with Crippen molar-refractivity contribution in [3.8, 4) is 5.69 Å². The number of nitrogens with zero attached hydrogens (tertiary/aromatic N) is 3. The van der Waals surface area contributed by atoms with Crippen LogP contribution < -0.4 is 10.9 Å². The fourth-order valence-corrected chi connectivity index (χ4v) is 3.26. The minimum Gasteiger partial charge on any atom is -0.319 e. The molecule has 3 aromatic rings. The summed E-state index contributed by atoms with van der Waals surface area (Å²) in [7, 11) is 3.72. The van der Waals surface area contributed by atoms with Crippen molar-refractivity contribution in [2.45, 2.75) is 33.4 Å². The van der Waals surface area contributed by atoms with Gasteiger partial charge in [-0.1, -0.05) is 48.0 Å². The number of nitrogens with one attached hydrogen (secondary N) is 1. The van der Waals surface area contributed by atoms with Gasteiger partial charge in [0, 0.05) is 13.6 Å². The Morgan fingerprint density at radius 3 is 2.31 bits per heavy atom. The van der Waals surface area contributed by atoms with Crippen LogP contribution in [0.4, 0.5) is 5.69 Å². The summed E-state index contributed by atoms with van der Waals surface area (Å²) < 4.78 is 3.32. The molecule has 3 rings (SSSR count). The summed E-state index contributed by atoms with van der Waals surface area (Å²) in [6, 6.07) is 17.3. The second-order valence-electron chi connectivity index (χ2n) is 7.50. The summed E-state index contributed by atoms with van der Waals surface area (Å²) in [5.74, 6) is -0.203. The Labute approximate surface area is 171 Å². The fourth-order valence-electron chi connectivity index (χ4n) is 3.26. The zero-order valence-corrected chi connectivity index (χ0v) is 17.6. The van der Waals surface area contributed by atoms with E-state index >= 15 is 0 Å². The van der Waals surface area contributed by atoms with Gasteiger partial charge in [-0.2, -0.15) is 0 Å². The third kappa shape index (κ3) is 4.32. The molecule has 0 saturated heterocycles. The van der Waals surface area contributed by atoms with Crippen LogP contribution in [-0.2, 0) is 18.4 Å². The molecule has 0 aliphatic carbocycles. The topological polar surface area (TPSA) is 59.3 Å². The summed E-state index contributed by atoms with van der Waals surface area (Å²) in [6.07, 6.45) is 0. The zero-order valence-electron chi connectivity index (χ0n) is 17.6. The molecule has 2 aromatic carbocycles. The van der Waals surface area contributed by atoms with Crippen LogP contribution >= 0.6 is 0 Å². The Bertz CT molecular complexity index is 1050. The summed E-state index contributed by atoms with van der Waals surface area (Å²) in [6.45, 7) is 6.37. The standard InChI is InChI=1S/C23H28N4O2/c1-16-11-13-19(14-12-16)15-25(4)18(3)22(28)24-21-17(2)26(5)27(23(21)29)20-9-7-6-8-10-20/h6-14,18H,15H2,1-5H3,(H,24,28). The predicted molar refractivity (Wildman–Crippen MR) is 116 cm³/mol. The van der Waals surface area contributed by atoms with Crippen LogP contribution in [-0.4, -0.2) is 33.3 Å². The molecule has 6 nitrogen and oxygen atoms in total. The van der Waals surface area contributed by atoms with Crippen molar-refractivity contribution < 1.29 is 4.79 Å². The van der Waals surface area contributed by atoms with Gasteiger partial charge >= 0.3 is 0 Å². The van der Waals surface area contributed by atoms with Gasteiger partial charge < -0.3 is 5.32 Å². The Balaban J connectivity index is 1.78. The largest absolute Gasteiger partial charge is 0.319 e. The lowest BCUT2D eigenvalue weighted by Gasteiger charge is -2.23. The molecule has 1 heterocycles. The Morgan fingerprint density at radius 1 is 1.07 bits per heavy atom. The summed E-state index contributed by atoms with van der Waals surface area (Å²) in [5.41, 5.74) is 3.89. The number of para-hydroxylation sites is 1. The molecule has 1 atom stereocenters. The van der Waals surface area contributed by atoms with Crippen LogP contribution in [0.25, 0.3) is 5.69 Å². The van der Waals surface area contributed by atoms with E-state index in [1.54, 1.807) is 9.36 Å². The van der Waals surface area contributed by atoms with E-state index in [0.29, 0.717) is 17.9 Å². The molecular weight excluding hydrogens is 364 g/mol. The number of aromatic nitrogens is 2. The number of benzene rings is 2. The molecule has 0 radical (unpaired) electrons. The van der Waals surface area contributed by atoms with E-state index in [-0.39, 0.29) is 17.5 Å². The highest BCUT2D eigenvalue weighted by atomic mass is 16.2. The lowest BCUT2D eigenvalue weighted by Crippen LogP contribution is -2.40. The third-order valence-corrected chi connectivity index (χ3v) is 5.40. The van der Waals surface area contributed by atoms with Gasteiger partial charge in [-0.15, -0.1) is 0 Å². The number of anilines is 1. The van der Waals surface area contributed by atoms with Crippen molar-refractivity contribution in [3.63, 3.8) is 0 Å². The number of hydrogen-bond donors (Lipinski definition) is 1. The first-order valence-corrected chi connectivity index (χ1v) is 9.70. The first-order chi connectivity index (χ1) is 13.8. The van der Waals surface area contributed by atoms with Gasteiger partial charge in [0.05, 0.1) is 17.4 Å². The summed E-state index contributed by atoms with van der Waals surface area (Å²) in [5, 5.41) is 2.85. The first-order valence-electron chi connectivity index (χ1n) is 9.70. The third-order valence-electron chi connectivity index (χ3n) is 5.40. The quantitative estimate of drug-likeness (QED) is 0.701. The maximum Gasteiger partial charge on any atom is 0.295 e. The molecule has 1 unspecified atom stereocenters. The molecule has 0 aliphatic heterocycles. The molecular formula is C23H28N4O2. The minimum atomic E-state index is -0.388. The monoisotopic (exact) mass is 392 g/mol. The molecule has 0 fully saturated rings. The molecule has 1 aromatic heterocycles. The maximum absolute atomic E-state index is 13.0. The van der Waals surface area contributed by atoms with Crippen LogP contribution in [0.5, 0.6) is 0 Å². The molecule has 0 bridgehead atoms. The molecule has 1 amide bonds. The molecule has 0 aliphatic rings. The summed E-state index contributed by atoms with van der Waals surface area (Å²) >= 11 is 0. The van der Waals surface area contributed by atoms with Gasteiger partial charge in [0.15, 0.2) is 0 Å². The van der Waals surface area contributed by atoms with Crippen LogP contribution in [0.3, 0.4) is 0 Å². The second kappa shape index (κ2) is 8.49. The number of rotatable bonds is 6. The average Bonchev–Trinajstić information content (AvgIpc) is 2.92. The highest BCUT2D eigenvalue weighted by Crippen LogP contribution is 2.15. The van der Waals surface area contributed by atoms with Crippen molar-refractivity contribution in [2.75, 3.05) is 12.4 Å². The van der Waals surface area contributed by atoms with Gasteiger partial charge in [-0.25, -0.2) is 4.68 Å². The van der Waals surface area contributed by atoms with Gasteiger partial charge in [0.25, 0.3) is 5.56 Å². The minimum absolute atomic E-state index is 0.203. The highest BCUT2D eigenvalue weighted by molar-refractivity contribution is 5.94. The Morgan fingerprint density at radius 2 is 1.69 bits per heavy atom. The van der Waals surface area contributed by atoms with Crippen molar-refractivity contribution in [1.29, 1.82) is 0 Å². The summed E-state index contributed by atoms with van der Waals surface area (Å²) in [4.78, 5) is 27.8. The first kappa shape index (κ1) is 20.6. The number of amides is 1. The van der Waals surface area contributed by atoms with Crippen LogP contribution in [0, 0.1) is 13.8 Å². The van der Waals surface area contributed by atoms with Crippen molar-refractivity contribution in [3.05, 3.63) is 81.8 Å². The van der Waals surface area contributed by atoms with Gasteiger partial charge in [0.2, 0.25) is 5.91 Å². The van der Waals surface area contributed by atoms with E-state index in [9.17, 15) is 9.59 Å². The second-order valence-corrected chi connectivity index (χ2v) is 7.50. The van der Waals surface area contributed by atoms with Crippen LogP contribution in [0.1, 0.15) is 23.7 Å². The molecule has 0 saturated carbocycles. The fraction of sp³-hybridized carbons (Fsp3) is 0.304. The lowest BCUT2D eigenvalue weighted by molar-refractivity contribution is -0.120. The number of likely N-dealkylation sites (N-methyl/N-ethyl adjacent to an activating group) is 1. The Kier molecular flexibility index (Phi) is 6.03. The van der Waals surface area contributed by atoms with Crippen molar-refractivity contribution in [2.24, 2.45) is 7.05 Å². The Hall–Kier alpha value is -3.12. The van der Waals surface area contributed by atoms with E-state index in [1.807, 2.05) is 70.1 Å². The molecule has 0 spiro atoms. The molecule has 29 heavy (non-hydrogen) atoms. The predicted octanol–water partition coefficient (Wildman–Crippen LogP) is 3.25. The van der Waals surface area contributed by atoms with E-state index in [2.05, 4.69) is 29.6 Å². The van der Waals surface area contributed by atoms with Gasteiger partial charge in [-0.05, 0) is 45.5 Å². The molecule has 152 valence electrons. The average molecular weight is 393 g/mol. The van der Waals surface area contributed by atoms with Gasteiger partial charge in [-0.3, -0.25) is 19.2 Å². The number of hydrogen-bond acceptors (Lipinski definition) is 3. The molecule has 1 N–H and O–H groups in total. The number of carbonyl (C=O) groups excluding carboxylic acids is 1. The molecule has 6 heteroatoms. The normalized spacial score (nSPS) is 12.2. The van der Waals surface area contributed by atoms with Crippen molar-refractivity contribution in [1.82, 2.24) is 14.3 Å². The highest BCUT2D eigenvalue weighted by Gasteiger charge is 2.23. The van der Waals surface area contributed by atoms with E-state index in [4.69, 9.17) is 0 Å². The maximum atomic E-state index is 13.0. The van der Waals surface area contributed by atoms with Crippen LogP contribution in [0.2, 0.25) is 0 Å². The zero-order chi connectivity index (χ0) is 21.1. The number of carbonyl (C=O) groups is 1. The van der Waals surface area contributed by atoms with E-state index < -0.39 is 0 Å². The van der Waals surface area contributed by atoms with Gasteiger partial charge in [0.1, 0.15) is 5.69 Å². The SMILES string of the molecule is Cc1ccc(CN(C)C(C)C(=O)Nc2c(C)n(C)n(-c3ccccc3)c2=O)cc1. The van der Waals surface area contributed by atoms with Crippen molar-refractivity contribution >= 4 is 11.6 Å². The number of aryl methyl sites for hydroxylation is 1. The van der Waals surface area contributed by atoms with E-state index in [0.717, 1.165) is 11.3 Å². The smallest absolute Gasteiger partial charge is 0.295 e. The van der Waals surface area contributed by atoms with E-state index in [1.165, 1.54) is 5.56 Å².